The van der Waals surface area contributed by atoms with Gasteiger partial charge in [0.15, 0.2) is 0 Å². The van der Waals surface area contributed by atoms with E-state index in [1.807, 2.05) is 31.4 Å². The zero-order valence-corrected chi connectivity index (χ0v) is 13.2. The largest absolute Gasteiger partial charge is 0.373 e. The second-order valence-corrected chi connectivity index (χ2v) is 5.47. The molecule has 1 aromatic carbocycles. The Morgan fingerprint density at radius 3 is 3.00 bits per heavy atom. The Hall–Kier alpha value is -2.47. The van der Waals surface area contributed by atoms with Gasteiger partial charge in [-0.05, 0) is 37.0 Å². The molecule has 3 N–H and O–H groups in total. The lowest BCUT2D eigenvalue weighted by atomic mass is 10.0. The van der Waals surface area contributed by atoms with Gasteiger partial charge in [-0.25, -0.2) is 9.97 Å². The molecule has 0 saturated carbocycles. The monoisotopic (exact) mass is 311 g/mol. The molecule has 1 aromatic heterocycles. The summed E-state index contributed by atoms with van der Waals surface area (Å²) in [4.78, 5) is 8.51. The molecule has 1 atom stereocenters. The molecule has 0 amide bonds. The molecule has 1 aliphatic heterocycles. The molecule has 3 rings (SSSR count). The van der Waals surface area contributed by atoms with Crippen LogP contribution in [-0.4, -0.2) is 36.1 Å². The normalized spacial score (nSPS) is 18.7. The molecule has 1 fully saturated rings. The summed E-state index contributed by atoms with van der Waals surface area (Å²) >= 11 is 0. The third-order valence-electron chi connectivity index (χ3n) is 3.97. The van der Waals surface area contributed by atoms with Gasteiger partial charge in [0.1, 0.15) is 18.4 Å². The van der Waals surface area contributed by atoms with E-state index in [9.17, 15) is 0 Å². The van der Waals surface area contributed by atoms with Crippen molar-refractivity contribution in [3.05, 3.63) is 36.3 Å². The highest BCUT2D eigenvalue weighted by molar-refractivity contribution is 6.09. The summed E-state index contributed by atoms with van der Waals surface area (Å²) < 4.78 is 5.65. The lowest BCUT2D eigenvalue weighted by Crippen LogP contribution is -2.31. The van der Waals surface area contributed by atoms with Crippen LogP contribution < -0.4 is 10.6 Å². The van der Waals surface area contributed by atoms with Crippen LogP contribution in [0, 0.1) is 5.41 Å². The molecule has 0 aliphatic carbocycles. The van der Waals surface area contributed by atoms with E-state index in [4.69, 9.17) is 10.1 Å². The summed E-state index contributed by atoms with van der Waals surface area (Å²) in [7, 11) is 1.84. The quantitative estimate of drug-likeness (QED) is 0.740. The maximum atomic E-state index is 7.70. The average molecular weight is 311 g/mol. The molecule has 0 bridgehead atoms. The Labute approximate surface area is 135 Å². The fourth-order valence-corrected chi connectivity index (χ4v) is 2.70. The number of allylic oxidation sites excluding steroid dienone is 1. The van der Waals surface area contributed by atoms with Gasteiger partial charge in [0.25, 0.3) is 0 Å². The molecule has 23 heavy (non-hydrogen) atoms. The fraction of sp³-hybridized carbons (Fsp3) is 0.353. The maximum absolute atomic E-state index is 7.70. The van der Waals surface area contributed by atoms with E-state index in [1.165, 1.54) is 12.6 Å². The van der Waals surface area contributed by atoms with Crippen molar-refractivity contribution in [3.8, 4) is 0 Å². The number of fused-ring (bicyclic) bond motifs is 1. The van der Waals surface area contributed by atoms with Gasteiger partial charge in [-0.3, -0.25) is 0 Å². The maximum Gasteiger partial charge on any atom is 0.137 e. The van der Waals surface area contributed by atoms with Crippen molar-refractivity contribution in [3.63, 3.8) is 0 Å². The molecule has 1 unspecified atom stereocenters. The number of hydrogen-bond acceptors (Lipinski definition) is 6. The van der Waals surface area contributed by atoms with Crippen LogP contribution in [0.25, 0.3) is 16.5 Å². The van der Waals surface area contributed by atoms with Crippen LogP contribution >= 0.6 is 0 Å². The van der Waals surface area contributed by atoms with Crippen LogP contribution in [-0.2, 0) is 4.74 Å². The highest BCUT2D eigenvalue weighted by atomic mass is 16.5. The molecule has 0 radical (unpaired) electrons. The fourth-order valence-electron chi connectivity index (χ4n) is 2.70. The lowest BCUT2D eigenvalue weighted by molar-refractivity contribution is 0.00348. The van der Waals surface area contributed by atoms with Gasteiger partial charge in [0.05, 0.1) is 5.52 Å². The van der Waals surface area contributed by atoms with Crippen molar-refractivity contribution >= 4 is 28.5 Å². The zero-order valence-electron chi connectivity index (χ0n) is 13.2. The van der Waals surface area contributed by atoms with Crippen molar-refractivity contribution < 1.29 is 4.74 Å². The number of benzene rings is 1. The van der Waals surface area contributed by atoms with Crippen molar-refractivity contribution in [1.29, 1.82) is 5.41 Å². The van der Waals surface area contributed by atoms with Crippen molar-refractivity contribution in [1.82, 2.24) is 15.3 Å². The molecule has 2 heterocycles. The van der Waals surface area contributed by atoms with Crippen LogP contribution in [0.2, 0.25) is 0 Å². The topological polar surface area (TPSA) is 82.9 Å². The highest BCUT2D eigenvalue weighted by Crippen LogP contribution is 2.23. The van der Waals surface area contributed by atoms with E-state index < -0.39 is 0 Å². The van der Waals surface area contributed by atoms with Gasteiger partial charge < -0.3 is 20.8 Å². The highest BCUT2D eigenvalue weighted by Gasteiger charge is 2.12. The van der Waals surface area contributed by atoms with Crippen molar-refractivity contribution in [2.75, 3.05) is 19.0 Å². The van der Waals surface area contributed by atoms with Gasteiger partial charge in [-0.2, -0.15) is 0 Å². The Morgan fingerprint density at radius 2 is 2.26 bits per heavy atom. The van der Waals surface area contributed by atoms with E-state index in [2.05, 4.69) is 20.6 Å². The molecular formula is C17H21N5O. The Kier molecular flexibility index (Phi) is 4.83. The molecule has 1 aliphatic rings. The van der Waals surface area contributed by atoms with E-state index in [1.54, 1.807) is 6.33 Å². The van der Waals surface area contributed by atoms with Crippen LogP contribution in [0.1, 0.15) is 24.8 Å². The van der Waals surface area contributed by atoms with Crippen LogP contribution in [0.5, 0.6) is 0 Å². The predicted molar refractivity (Wildman–Crippen MR) is 92.6 cm³/mol. The summed E-state index contributed by atoms with van der Waals surface area (Å²) in [5.41, 5.74) is 2.62. The molecule has 120 valence electrons. The van der Waals surface area contributed by atoms with Crippen molar-refractivity contribution in [2.45, 2.75) is 25.5 Å². The first-order chi connectivity index (χ1) is 11.3. The van der Waals surface area contributed by atoms with E-state index in [0.29, 0.717) is 0 Å². The first-order valence-corrected chi connectivity index (χ1v) is 7.83. The second-order valence-electron chi connectivity index (χ2n) is 5.47. The Balaban J connectivity index is 1.88. The molecule has 0 spiro atoms. The summed E-state index contributed by atoms with van der Waals surface area (Å²) in [5.74, 6) is 0.782. The molecule has 6 heteroatoms. The standard InChI is InChI=1S/C17H21N5O/c1-19-17-14-8-12(5-6-15(14)21-11-22-17)13(9-18)10-20-16-4-2-3-7-23-16/h5-6,8-11,16,18,20H,2-4,7H2,1H3,(H,19,21,22)/b13-10+,18-9?. The summed E-state index contributed by atoms with van der Waals surface area (Å²) in [5, 5.41) is 15.0. The third-order valence-corrected chi connectivity index (χ3v) is 3.97. The number of nitrogens with zero attached hydrogens (tertiary/aromatic N) is 2. The van der Waals surface area contributed by atoms with Gasteiger partial charge in [-0.1, -0.05) is 6.07 Å². The SMILES string of the molecule is CNc1ncnc2ccc(/C(C=N)=C/NC3CCCCO3)cc12. The molecule has 1 saturated heterocycles. The third kappa shape index (κ3) is 3.48. The molecule has 6 nitrogen and oxygen atoms in total. The minimum Gasteiger partial charge on any atom is -0.373 e. The predicted octanol–water partition coefficient (Wildman–Crippen LogP) is 2.78. The van der Waals surface area contributed by atoms with Gasteiger partial charge >= 0.3 is 0 Å². The number of ether oxygens (including phenoxy) is 1. The van der Waals surface area contributed by atoms with Crippen LogP contribution in [0.3, 0.4) is 0 Å². The number of aromatic nitrogens is 2. The summed E-state index contributed by atoms with van der Waals surface area (Å²) in [6.45, 7) is 0.796. The second kappa shape index (κ2) is 7.19. The number of hydrogen-bond donors (Lipinski definition) is 3. The Bertz CT molecular complexity index is 722. The minimum atomic E-state index is 0.0374. The summed E-state index contributed by atoms with van der Waals surface area (Å²) in [6.07, 6.45) is 8.07. The van der Waals surface area contributed by atoms with E-state index >= 15 is 0 Å². The zero-order chi connectivity index (χ0) is 16.1. The number of nitrogens with one attached hydrogen (secondary N) is 3. The average Bonchev–Trinajstić information content (AvgIpc) is 2.62. The molecule has 2 aromatic rings. The first-order valence-electron chi connectivity index (χ1n) is 7.83. The number of rotatable bonds is 5. The molecular weight excluding hydrogens is 290 g/mol. The summed E-state index contributed by atoms with van der Waals surface area (Å²) in [6, 6.07) is 5.91. The lowest BCUT2D eigenvalue weighted by Gasteiger charge is -2.23. The van der Waals surface area contributed by atoms with Crippen LogP contribution in [0.4, 0.5) is 5.82 Å². The first kappa shape index (κ1) is 15.4. The minimum absolute atomic E-state index is 0.0374. The number of anilines is 1. The van der Waals surface area contributed by atoms with Crippen molar-refractivity contribution in [2.24, 2.45) is 0 Å². The van der Waals surface area contributed by atoms with Crippen LogP contribution in [0.15, 0.2) is 30.7 Å². The van der Waals surface area contributed by atoms with Gasteiger partial charge in [0, 0.05) is 37.0 Å². The van der Waals surface area contributed by atoms with E-state index in [-0.39, 0.29) is 6.23 Å². The smallest absolute Gasteiger partial charge is 0.137 e. The Morgan fingerprint density at radius 1 is 1.35 bits per heavy atom. The van der Waals surface area contributed by atoms with Gasteiger partial charge in [-0.15, -0.1) is 0 Å². The van der Waals surface area contributed by atoms with Gasteiger partial charge in [0.2, 0.25) is 0 Å². The van der Waals surface area contributed by atoms with E-state index in [0.717, 1.165) is 47.3 Å².